The molecule has 0 spiro atoms. The third kappa shape index (κ3) is 6.06. The summed E-state index contributed by atoms with van der Waals surface area (Å²) in [7, 11) is 1.63. The van der Waals surface area contributed by atoms with Crippen LogP contribution >= 0.6 is 23.4 Å². The van der Waals surface area contributed by atoms with Gasteiger partial charge in [0.15, 0.2) is 11.0 Å². The molecule has 0 aliphatic rings. The zero-order chi connectivity index (χ0) is 22.4. The second-order valence-electron chi connectivity index (χ2n) is 7.00. The molecule has 164 valence electrons. The molecular weight excluding hydrogens is 439 g/mol. The lowest BCUT2D eigenvalue weighted by molar-refractivity contribution is -0.120. The number of thioether (sulfide) groups is 1. The number of aromatic nitrogens is 3. The molecule has 0 saturated carbocycles. The Balaban J connectivity index is 1.73. The van der Waals surface area contributed by atoms with E-state index in [9.17, 15) is 9.18 Å². The summed E-state index contributed by atoms with van der Waals surface area (Å²) in [6, 6.07) is 13.2. The summed E-state index contributed by atoms with van der Waals surface area (Å²) in [6.07, 6.45) is 0. The molecule has 31 heavy (non-hydrogen) atoms. The van der Waals surface area contributed by atoms with E-state index in [1.165, 1.54) is 23.9 Å². The van der Waals surface area contributed by atoms with Gasteiger partial charge >= 0.3 is 0 Å². The first-order chi connectivity index (χ1) is 14.9. The second kappa shape index (κ2) is 10.7. The molecule has 3 rings (SSSR count). The van der Waals surface area contributed by atoms with Crippen LogP contribution in [0.25, 0.3) is 11.4 Å². The highest BCUT2D eigenvalue weighted by Gasteiger charge is 2.22. The number of benzene rings is 2. The molecule has 0 unspecified atom stereocenters. The summed E-state index contributed by atoms with van der Waals surface area (Å²) < 4.78 is 20.3. The van der Waals surface area contributed by atoms with E-state index in [0.29, 0.717) is 29.2 Å². The normalized spacial score (nSPS) is 13.1. The molecule has 6 nitrogen and oxygen atoms in total. The molecule has 0 fully saturated rings. The Hall–Kier alpha value is -2.42. The highest BCUT2D eigenvalue weighted by molar-refractivity contribution is 8.00. The lowest BCUT2D eigenvalue weighted by Gasteiger charge is -2.18. The Kier molecular flexibility index (Phi) is 8.06. The van der Waals surface area contributed by atoms with E-state index in [1.54, 1.807) is 31.4 Å². The maximum Gasteiger partial charge on any atom is 0.233 e. The molecule has 1 heterocycles. The van der Waals surface area contributed by atoms with Gasteiger partial charge in [-0.2, -0.15) is 0 Å². The molecule has 3 aromatic rings. The van der Waals surface area contributed by atoms with Crippen molar-refractivity contribution in [3.8, 4) is 11.4 Å². The van der Waals surface area contributed by atoms with E-state index < -0.39 is 5.25 Å². The van der Waals surface area contributed by atoms with Crippen molar-refractivity contribution in [2.75, 3.05) is 13.7 Å². The molecule has 0 aliphatic carbocycles. The minimum absolute atomic E-state index is 0.142. The van der Waals surface area contributed by atoms with Crippen molar-refractivity contribution in [1.29, 1.82) is 0 Å². The number of amides is 1. The van der Waals surface area contributed by atoms with Crippen LogP contribution in [0, 0.1) is 5.82 Å². The smallest absolute Gasteiger partial charge is 0.233 e. The number of nitrogens with zero attached hydrogens (tertiary/aromatic N) is 3. The van der Waals surface area contributed by atoms with Crippen LogP contribution in [-0.4, -0.2) is 39.6 Å². The van der Waals surface area contributed by atoms with E-state index in [2.05, 4.69) is 15.5 Å². The summed E-state index contributed by atoms with van der Waals surface area (Å²) in [5.41, 5.74) is 1.71. The number of hydrogen-bond donors (Lipinski definition) is 1. The SMILES string of the molecule is COCCn1c(S[C@@H](C)C(=O)N[C@H](C)c2ccc(F)cc2)nnc1-c1ccc(Cl)cc1. The van der Waals surface area contributed by atoms with E-state index in [4.69, 9.17) is 16.3 Å². The highest BCUT2D eigenvalue weighted by atomic mass is 35.5. The van der Waals surface area contributed by atoms with Gasteiger partial charge in [-0.25, -0.2) is 4.39 Å². The third-order valence-electron chi connectivity index (χ3n) is 4.72. The molecule has 0 saturated heterocycles. The van der Waals surface area contributed by atoms with Crippen molar-refractivity contribution in [2.24, 2.45) is 0 Å². The monoisotopic (exact) mass is 462 g/mol. The largest absolute Gasteiger partial charge is 0.383 e. The average Bonchev–Trinajstić information content (AvgIpc) is 3.15. The van der Waals surface area contributed by atoms with E-state index in [0.717, 1.165) is 11.1 Å². The van der Waals surface area contributed by atoms with Gasteiger partial charge in [-0.1, -0.05) is 35.5 Å². The molecule has 2 aromatic carbocycles. The van der Waals surface area contributed by atoms with Crippen LogP contribution in [0.3, 0.4) is 0 Å². The third-order valence-corrected chi connectivity index (χ3v) is 6.05. The van der Waals surface area contributed by atoms with Gasteiger partial charge in [0.05, 0.1) is 24.4 Å². The quantitative estimate of drug-likeness (QED) is 0.465. The van der Waals surface area contributed by atoms with Crippen molar-refractivity contribution < 1.29 is 13.9 Å². The van der Waals surface area contributed by atoms with E-state index in [1.807, 2.05) is 30.5 Å². The van der Waals surface area contributed by atoms with Crippen molar-refractivity contribution >= 4 is 29.3 Å². The van der Waals surface area contributed by atoms with Crippen LogP contribution in [0.4, 0.5) is 4.39 Å². The molecule has 0 radical (unpaired) electrons. The Morgan fingerprint density at radius 1 is 1.16 bits per heavy atom. The summed E-state index contributed by atoms with van der Waals surface area (Å²) >= 11 is 7.32. The fourth-order valence-electron chi connectivity index (χ4n) is 2.95. The summed E-state index contributed by atoms with van der Waals surface area (Å²) in [5, 5.41) is 12.4. The van der Waals surface area contributed by atoms with E-state index in [-0.39, 0.29) is 17.8 Å². The number of carbonyl (C=O) groups is 1. The van der Waals surface area contributed by atoms with Crippen LogP contribution in [0.2, 0.25) is 5.02 Å². The Morgan fingerprint density at radius 2 is 1.84 bits per heavy atom. The number of carbonyl (C=O) groups excluding carboxylic acids is 1. The Labute approximate surface area is 190 Å². The van der Waals surface area contributed by atoms with Gasteiger partial charge in [0, 0.05) is 17.7 Å². The van der Waals surface area contributed by atoms with Crippen molar-refractivity contribution in [3.63, 3.8) is 0 Å². The summed E-state index contributed by atoms with van der Waals surface area (Å²) in [5.74, 6) is 0.234. The number of nitrogens with one attached hydrogen (secondary N) is 1. The van der Waals surface area contributed by atoms with Crippen LogP contribution in [0.5, 0.6) is 0 Å². The van der Waals surface area contributed by atoms with E-state index >= 15 is 0 Å². The number of hydrogen-bond acceptors (Lipinski definition) is 5. The second-order valence-corrected chi connectivity index (χ2v) is 8.74. The Morgan fingerprint density at radius 3 is 2.48 bits per heavy atom. The Bertz CT molecular complexity index is 1010. The minimum atomic E-state index is -0.411. The van der Waals surface area contributed by atoms with Gasteiger partial charge in [-0.05, 0) is 55.8 Å². The predicted molar refractivity (Wildman–Crippen MR) is 121 cm³/mol. The number of halogens is 2. The minimum Gasteiger partial charge on any atom is -0.383 e. The maximum absolute atomic E-state index is 13.1. The fraction of sp³-hybridized carbons (Fsp3) is 0.318. The molecule has 0 bridgehead atoms. The average molecular weight is 463 g/mol. The molecule has 1 amide bonds. The first kappa shape index (κ1) is 23.2. The molecule has 1 aromatic heterocycles. The topological polar surface area (TPSA) is 69.0 Å². The fourth-order valence-corrected chi connectivity index (χ4v) is 3.96. The molecular formula is C22H24ClFN4O2S. The van der Waals surface area contributed by atoms with Gasteiger partial charge in [-0.3, -0.25) is 9.36 Å². The predicted octanol–water partition coefficient (Wildman–Crippen LogP) is 4.74. The van der Waals surface area contributed by atoms with Gasteiger partial charge in [-0.15, -0.1) is 10.2 Å². The standard InChI is InChI=1S/C22H24ClFN4O2S/c1-14(16-6-10-19(24)11-7-16)25-21(29)15(2)31-22-27-26-20(28(22)12-13-30-3)17-4-8-18(23)9-5-17/h4-11,14-15H,12-13H2,1-3H3,(H,25,29)/t14-,15+/m1/s1. The van der Waals surface area contributed by atoms with Crippen molar-refractivity contribution in [1.82, 2.24) is 20.1 Å². The van der Waals surface area contributed by atoms with Crippen LogP contribution < -0.4 is 5.32 Å². The summed E-state index contributed by atoms with van der Waals surface area (Å²) in [6.45, 7) is 4.70. The molecule has 9 heteroatoms. The van der Waals surface area contributed by atoms with Crippen molar-refractivity contribution in [2.45, 2.75) is 36.8 Å². The summed E-state index contributed by atoms with van der Waals surface area (Å²) in [4.78, 5) is 12.7. The highest BCUT2D eigenvalue weighted by Crippen LogP contribution is 2.28. The molecule has 2 atom stereocenters. The first-order valence-corrected chi connectivity index (χ1v) is 11.1. The van der Waals surface area contributed by atoms with Gasteiger partial charge in [0.2, 0.25) is 5.91 Å². The lowest BCUT2D eigenvalue weighted by atomic mass is 10.1. The van der Waals surface area contributed by atoms with Gasteiger partial charge in [0.25, 0.3) is 0 Å². The maximum atomic E-state index is 13.1. The first-order valence-electron chi connectivity index (χ1n) is 9.79. The van der Waals surface area contributed by atoms with Crippen molar-refractivity contribution in [3.05, 3.63) is 64.9 Å². The molecule has 0 aliphatic heterocycles. The zero-order valence-electron chi connectivity index (χ0n) is 17.5. The van der Waals surface area contributed by atoms with Gasteiger partial charge < -0.3 is 10.1 Å². The number of rotatable bonds is 9. The molecule has 1 N–H and O–H groups in total. The van der Waals surface area contributed by atoms with Crippen LogP contribution in [-0.2, 0) is 16.1 Å². The van der Waals surface area contributed by atoms with Crippen LogP contribution in [0.1, 0.15) is 25.5 Å². The zero-order valence-corrected chi connectivity index (χ0v) is 19.1. The van der Waals surface area contributed by atoms with Gasteiger partial charge in [0.1, 0.15) is 5.82 Å². The number of ether oxygens (including phenoxy) is 1. The lowest BCUT2D eigenvalue weighted by Crippen LogP contribution is -2.33. The van der Waals surface area contributed by atoms with Crippen LogP contribution in [0.15, 0.2) is 53.7 Å². The number of methoxy groups -OCH3 is 1.